The van der Waals surface area contributed by atoms with Crippen LogP contribution in [0.5, 0.6) is 5.75 Å². The molecule has 0 bridgehead atoms. The van der Waals surface area contributed by atoms with Crippen molar-refractivity contribution in [3.8, 4) is 5.75 Å². The molecule has 0 amide bonds. The Morgan fingerprint density at radius 3 is 2.38 bits per heavy atom. The van der Waals surface area contributed by atoms with Crippen LogP contribution < -0.4 is 21.3 Å². The Hall–Kier alpha value is -2.34. The van der Waals surface area contributed by atoms with Gasteiger partial charge in [-0.15, -0.1) is 0 Å². The lowest BCUT2D eigenvalue weighted by Crippen LogP contribution is -2.15. The number of nitrogen functional groups attached to an aromatic ring is 1. The molecule has 0 atom stereocenters. The lowest BCUT2D eigenvalue weighted by Gasteiger charge is -2.16. The number of aromatic nitrogens is 2. The first-order chi connectivity index (χ1) is 10.2. The summed E-state index contributed by atoms with van der Waals surface area (Å²) >= 11 is 0. The van der Waals surface area contributed by atoms with Gasteiger partial charge in [0.2, 0.25) is 0 Å². The normalized spacial score (nSPS) is 10.5. The molecule has 1 heterocycles. The first-order valence-corrected chi connectivity index (χ1v) is 6.84. The molecule has 0 unspecified atom stereocenters. The summed E-state index contributed by atoms with van der Waals surface area (Å²) in [5, 5.41) is 3.34. The van der Waals surface area contributed by atoms with E-state index in [4.69, 9.17) is 10.6 Å². The summed E-state index contributed by atoms with van der Waals surface area (Å²) in [4.78, 5) is 8.47. The molecular weight excluding hydrogens is 266 g/mol. The highest BCUT2D eigenvalue weighted by molar-refractivity contribution is 5.58. The van der Waals surface area contributed by atoms with E-state index in [1.165, 1.54) is 6.33 Å². The second-order valence-corrected chi connectivity index (χ2v) is 4.99. The van der Waals surface area contributed by atoms with Crippen LogP contribution in [-0.2, 0) is 6.54 Å². The van der Waals surface area contributed by atoms with E-state index in [0.29, 0.717) is 12.4 Å². The van der Waals surface area contributed by atoms with Crippen molar-refractivity contribution in [3.05, 3.63) is 41.7 Å². The minimum atomic E-state index is 0.260. The summed E-state index contributed by atoms with van der Waals surface area (Å²) in [6.07, 6.45) is 1.50. The SMILES string of the molecule is COc1ccc(CNc2ncnc(NN)c2C(C)C)cc1. The quantitative estimate of drug-likeness (QED) is 0.559. The Balaban J connectivity index is 2.15. The average Bonchev–Trinajstić information content (AvgIpc) is 2.52. The van der Waals surface area contributed by atoms with Gasteiger partial charge in [0.1, 0.15) is 23.7 Å². The van der Waals surface area contributed by atoms with Crippen LogP contribution in [0.3, 0.4) is 0 Å². The van der Waals surface area contributed by atoms with Gasteiger partial charge in [-0.3, -0.25) is 0 Å². The van der Waals surface area contributed by atoms with Gasteiger partial charge in [0, 0.05) is 12.1 Å². The first kappa shape index (κ1) is 15.1. The van der Waals surface area contributed by atoms with Gasteiger partial charge in [-0.25, -0.2) is 15.8 Å². The van der Waals surface area contributed by atoms with Crippen molar-refractivity contribution in [3.63, 3.8) is 0 Å². The number of hydrogen-bond acceptors (Lipinski definition) is 6. The molecule has 0 aliphatic rings. The van der Waals surface area contributed by atoms with Crippen molar-refractivity contribution in [2.24, 2.45) is 5.84 Å². The van der Waals surface area contributed by atoms with Gasteiger partial charge in [-0.2, -0.15) is 0 Å². The molecule has 0 spiro atoms. The van der Waals surface area contributed by atoms with E-state index in [1.54, 1.807) is 7.11 Å². The van der Waals surface area contributed by atoms with E-state index < -0.39 is 0 Å². The standard InChI is InChI=1S/C15H21N5O/c1-10(2)13-14(18-9-19-15(13)20-16)17-8-11-4-6-12(21-3)7-5-11/h4-7,9-10H,8,16H2,1-3H3,(H2,17,18,19,20). The Kier molecular flexibility index (Phi) is 4.94. The fourth-order valence-corrected chi connectivity index (χ4v) is 2.13. The van der Waals surface area contributed by atoms with E-state index in [2.05, 4.69) is 34.6 Å². The monoisotopic (exact) mass is 287 g/mol. The smallest absolute Gasteiger partial charge is 0.148 e. The maximum Gasteiger partial charge on any atom is 0.148 e. The van der Waals surface area contributed by atoms with Gasteiger partial charge in [0.15, 0.2) is 0 Å². The van der Waals surface area contributed by atoms with Crippen LogP contribution in [-0.4, -0.2) is 17.1 Å². The van der Waals surface area contributed by atoms with Gasteiger partial charge >= 0.3 is 0 Å². The number of rotatable bonds is 6. The van der Waals surface area contributed by atoms with E-state index in [9.17, 15) is 0 Å². The predicted octanol–water partition coefficient (Wildman–Crippen LogP) is 2.51. The van der Waals surface area contributed by atoms with Crippen molar-refractivity contribution >= 4 is 11.6 Å². The Labute approximate surface area is 124 Å². The van der Waals surface area contributed by atoms with Crippen molar-refractivity contribution < 1.29 is 4.74 Å². The summed E-state index contributed by atoms with van der Waals surface area (Å²) < 4.78 is 5.15. The Bertz CT molecular complexity index is 583. The highest BCUT2D eigenvalue weighted by Crippen LogP contribution is 2.28. The lowest BCUT2D eigenvalue weighted by molar-refractivity contribution is 0.414. The second kappa shape index (κ2) is 6.90. The van der Waals surface area contributed by atoms with E-state index in [-0.39, 0.29) is 5.92 Å². The molecule has 6 heteroatoms. The minimum absolute atomic E-state index is 0.260. The number of anilines is 2. The van der Waals surface area contributed by atoms with Crippen molar-refractivity contribution in [1.82, 2.24) is 9.97 Å². The van der Waals surface area contributed by atoms with Gasteiger partial charge in [-0.05, 0) is 23.6 Å². The fraction of sp³-hybridized carbons (Fsp3) is 0.333. The van der Waals surface area contributed by atoms with Crippen LogP contribution in [0.25, 0.3) is 0 Å². The number of nitrogens with zero attached hydrogens (tertiary/aromatic N) is 2. The third kappa shape index (κ3) is 3.61. The highest BCUT2D eigenvalue weighted by Gasteiger charge is 2.14. The van der Waals surface area contributed by atoms with E-state index >= 15 is 0 Å². The topological polar surface area (TPSA) is 85.1 Å². The molecule has 0 fully saturated rings. The molecule has 1 aromatic heterocycles. The molecule has 1 aromatic carbocycles. The fourth-order valence-electron chi connectivity index (χ4n) is 2.13. The summed E-state index contributed by atoms with van der Waals surface area (Å²) in [5.41, 5.74) is 4.75. The lowest BCUT2D eigenvalue weighted by atomic mass is 10.0. The number of nitrogens with two attached hydrogens (primary N) is 1. The minimum Gasteiger partial charge on any atom is -0.497 e. The summed E-state index contributed by atoms with van der Waals surface area (Å²) in [6.45, 7) is 4.83. The van der Waals surface area contributed by atoms with Crippen molar-refractivity contribution in [1.29, 1.82) is 0 Å². The third-order valence-electron chi connectivity index (χ3n) is 3.22. The van der Waals surface area contributed by atoms with Crippen molar-refractivity contribution in [2.75, 3.05) is 17.9 Å². The molecule has 2 aromatic rings. The number of methoxy groups -OCH3 is 1. The van der Waals surface area contributed by atoms with Crippen LogP contribution in [0.1, 0.15) is 30.9 Å². The molecular formula is C15H21N5O. The third-order valence-corrected chi connectivity index (χ3v) is 3.22. The zero-order chi connectivity index (χ0) is 15.2. The maximum absolute atomic E-state index is 5.51. The number of hydrazine groups is 1. The molecule has 4 N–H and O–H groups in total. The highest BCUT2D eigenvalue weighted by atomic mass is 16.5. The molecule has 6 nitrogen and oxygen atoms in total. The van der Waals surface area contributed by atoms with E-state index in [0.717, 1.165) is 22.7 Å². The van der Waals surface area contributed by atoms with Gasteiger partial charge in [-0.1, -0.05) is 26.0 Å². The molecule has 0 aliphatic carbocycles. The molecule has 2 rings (SSSR count). The molecule has 0 saturated heterocycles. The zero-order valence-corrected chi connectivity index (χ0v) is 12.6. The molecule has 0 saturated carbocycles. The molecule has 0 aliphatic heterocycles. The van der Waals surface area contributed by atoms with Crippen molar-refractivity contribution in [2.45, 2.75) is 26.3 Å². The number of hydrogen-bond donors (Lipinski definition) is 3. The van der Waals surface area contributed by atoms with Crippen LogP contribution in [0.15, 0.2) is 30.6 Å². The van der Waals surface area contributed by atoms with Gasteiger partial charge in [0.25, 0.3) is 0 Å². The van der Waals surface area contributed by atoms with Crippen LogP contribution in [0, 0.1) is 0 Å². The van der Waals surface area contributed by atoms with Crippen LogP contribution >= 0.6 is 0 Å². The number of nitrogens with one attached hydrogen (secondary N) is 2. The maximum atomic E-state index is 5.51. The second-order valence-electron chi connectivity index (χ2n) is 4.99. The Morgan fingerprint density at radius 1 is 1.14 bits per heavy atom. The van der Waals surface area contributed by atoms with Gasteiger partial charge in [0.05, 0.1) is 7.11 Å². The average molecular weight is 287 g/mol. The number of ether oxygens (including phenoxy) is 1. The molecule has 112 valence electrons. The molecule has 21 heavy (non-hydrogen) atoms. The zero-order valence-electron chi connectivity index (χ0n) is 12.6. The van der Waals surface area contributed by atoms with Crippen LogP contribution in [0.2, 0.25) is 0 Å². The predicted molar refractivity (Wildman–Crippen MR) is 84.3 cm³/mol. The van der Waals surface area contributed by atoms with E-state index in [1.807, 2.05) is 24.3 Å². The Morgan fingerprint density at radius 2 is 1.81 bits per heavy atom. The summed E-state index contributed by atoms with van der Waals surface area (Å²) in [7, 11) is 1.66. The number of benzene rings is 1. The first-order valence-electron chi connectivity index (χ1n) is 6.84. The summed E-state index contributed by atoms with van der Waals surface area (Å²) in [5.74, 6) is 8.07. The molecule has 0 radical (unpaired) electrons. The van der Waals surface area contributed by atoms with Crippen LogP contribution in [0.4, 0.5) is 11.6 Å². The summed E-state index contributed by atoms with van der Waals surface area (Å²) in [6, 6.07) is 7.91. The largest absolute Gasteiger partial charge is 0.497 e. The van der Waals surface area contributed by atoms with Gasteiger partial charge < -0.3 is 15.5 Å².